The molecule has 4 heterocycles. The Hall–Kier alpha value is -4.60. The van der Waals surface area contributed by atoms with Gasteiger partial charge in [0.1, 0.15) is 22.9 Å². The predicted octanol–water partition coefficient (Wildman–Crippen LogP) is 8.28. The van der Waals surface area contributed by atoms with Gasteiger partial charge in [-0.15, -0.1) is 0 Å². The summed E-state index contributed by atoms with van der Waals surface area (Å²) in [6.07, 6.45) is 6.66. The van der Waals surface area contributed by atoms with Gasteiger partial charge in [-0.1, -0.05) is 48.5 Å². The average molecular weight is 625 g/mol. The van der Waals surface area contributed by atoms with Crippen LogP contribution < -0.4 is 0 Å². The molecule has 10 nitrogen and oxygen atoms in total. The molecular weight excluding hydrogens is 580 g/mol. The van der Waals surface area contributed by atoms with Crippen molar-refractivity contribution in [2.45, 2.75) is 90.5 Å². The summed E-state index contributed by atoms with van der Waals surface area (Å²) in [5.74, 6) is 1.56. The van der Waals surface area contributed by atoms with Crippen LogP contribution in [-0.2, 0) is 9.47 Å². The molecule has 1 unspecified atom stereocenters. The second-order valence-corrected chi connectivity index (χ2v) is 14.2. The molecule has 10 heteroatoms. The van der Waals surface area contributed by atoms with E-state index in [1.807, 2.05) is 53.9 Å². The predicted molar refractivity (Wildman–Crippen MR) is 177 cm³/mol. The van der Waals surface area contributed by atoms with Crippen molar-refractivity contribution >= 4 is 12.2 Å². The first-order valence-corrected chi connectivity index (χ1v) is 16.1. The van der Waals surface area contributed by atoms with Gasteiger partial charge in [0.25, 0.3) is 0 Å². The van der Waals surface area contributed by atoms with Crippen LogP contribution in [0, 0.1) is 0 Å². The standard InChI is InChI=1S/C36H44N6O4/c1-35(2,3)45-33(43)41-19-7-9-29(41)28-22-37-31(40-28)26-17-13-24(14-18-26)23-11-15-25(16-12-23)27-21-38-32(39-27)30-10-8-20-42(30)34(44)46-36(4,5)6/h11-18,21-22,29-30H,7-10,19-20H2,1-6H3,(H,37,40)(H,38,39)/t29?,30-/m0/s1. The highest BCUT2D eigenvalue weighted by Crippen LogP contribution is 2.35. The molecule has 2 aliphatic rings. The normalized spacial score (nSPS) is 18.7. The van der Waals surface area contributed by atoms with Gasteiger partial charge in [0, 0.05) is 18.7 Å². The second kappa shape index (κ2) is 12.3. The number of ether oxygens (including phenoxy) is 2. The molecule has 6 rings (SSSR count). The number of amides is 2. The maximum atomic E-state index is 12.8. The van der Waals surface area contributed by atoms with Crippen molar-refractivity contribution in [1.29, 1.82) is 0 Å². The first-order chi connectivity index (χ1) is 21.8. The highest BCUT2D eigenvalue weighted by molar-refractivity contribution is 5.72. The number of nitrogens with zero attached hydrogens (tertiary/aromatic N) is 4. The number of hydrogen-bond donors (Lipinski definition) is 2. The maximum Gasteiger partial charge on any atom is 0.410 e. The lowest BCUT2D eigenvalue weighted by Gasteiger charge is -2.28. The Morgan fingerprint density at radius 2 is 1.17 bits per heavy atom. The maximum absolute atomic E-state index is 12.8. The van der Waals surface area contributed by atoms with Crippen LogP contribution in [0.25, 0.3) is 33.8 Å². The topological polar surface area (TPSA) is 116 Å². The van der Waals surface area contributed by atoms with E-state index in [1.165, 1.54) is 0 Å². The number of nitrogens with one attached hydrogen (secondary N) is 2. The number of benzene rings is 2. The summed E-state index contributed by atoms with van der Waals surface area (Å²) in [4.78, 5) is 45.3. The third-order valence-electron chi connectivity index (χ3n) is 8.31. The minimum atomic E-state index is -0.537. The zero-order valence-electron chi connectivity index (χ0n) is 27.6. The van der Waals surface area contributed by atoms with E-state index < -0.39 is 11.2 Å². The van der Waals surface area contributed by atoms with Gasteiger partial charge in [-0.05, 0) is 83.9 Å². The van der Waals surface area contributed by atoms with E-state index in [0.717, 1.165) is 71.0 Å². The van der Waals surface area contributed by atoms with E-state index in [-0.39, 0.29) is 24.3 Å². The summed E-state index contributed by atoms with van der Waals surface area (Å²) < 4.78 is 11.3. The van der Waals surface area contributed by atoms with Gasteiger partial charge in [0.05, 0.1) is 35.9 Å². The Kier molecular flexibility index (Phi) is 8.39. The number of imidazole rings is 2. The zero-order valence-corrected chi connectivity index (χ0v) is 27.6. The number of aromatic amines is 2. The van der Waals surface area contributed by atoms with E-state index in [9.17, 15) is 9.59 Å². The van der Waals surface area contributed by atoms with Gasteiger partial charge in [0.2, 0.25) is 0 Å². The van der Waals surface area contributed by atoms with Gasteiger partial charge in [-0.2, -0.15) is 0 Å². The van der Waals surface area contributed by atoms with Crippen LogP contribution in [0.15, 0.2) is 60.9 Å². The SMILES string of the molecule is CC(C)(C)OC(=O)N1CCCC1c1cnc(-c2ccc(-c3ccc(-c4cnc([C@@H]5CCCN5C(=O)OC(C)(C)C)[nH]4)cc3)cc2)[nH]1. The van der Waals surface area contributed by atoms with E-state index in [1.54, 1.807) is 9.80 Å². The van der Waals surface area contributed by atoms with Gasteiger partial charge < -0.3 is 19.4 Å². The molecule has 2 aromatic carbocycles. The van der Waals surface area contributed by atoms with Crippen molar-refractivity contribution in [1.82, 2.24) is 29.7 Å². The minimum Gasteiger partial charge on any atom is -0.444 e. The molecule has 0 aliphatic carbocycles. The molecule has 2 amide bonds. The number of carbonyl (C=O) groups excluding carboxylic acids is 2. The Bertz CT molecular complexity index is 1550. The van der Waals surface area contributed by atoms with Gasteiger partial charge in [-0.3, -0.25) is 9.80 Å². The summed E-state index contributed by atoms with van der Waals surface area (Å²) in [6, 6.07) is 16.5. The van der Waals surface area contributed by atoms with Crippen molar-refractivity contribution in [2.24, 2.45) is 0 Å². The summed E-state index contributed by atoms with van der Waals surface area (Å²) in [6.45, 7) is 12.6. The minimum absolute atomic E-state index is 0.0677. The zero-order chi connectivity index (χ0) is 32.6. The number of likely N-dealkylation sites (tertiary alicyclic amines) is 2. The summed E-state index contributed by atoms with van der Waals surface area (Å²) in [5.41, 5.74) is 4.96. The molecule has 4 aromatic rings. The molecule has 0 radical (unpaired) electrons. The summed E-state index contributed by atoms with van der Waals surface area (Å²) >= 11 is 0. The fourth-order valence-corrected chi connectivity index (χ4v) is 6.19. The molecule has 46 heavy (non-hydrogen) atoms. The second-order valence-electron chi connectivity index (χ2n) is 14.2. The molecular formula is C36H44N6O4. The van der Waals surface area contributed by atoms with E-state index >= 15 is 0 Å². The number of carbonyl (C=O) groups is 2. The molecule has 2 atom stereocenters. The molecule has 242 valence electrons. The van der Waals surface area contributed by atoms with Crippen LogP contribution >= 0.6 is 0 Å². The lowest BCUT2D eigenvalue weighted by molar-refractivity contribution is 0.0209. The van der Waals surface area contributed by atoms with Crippen molar-refractivity contribution in [3.05, 3.63) is 72.4 Å². The number of rotatable bonds is 5. The number of aromatic nitrogens is 4. The van der Waals surface area contributed by atoms with Crippen LogP contribution in [0.5, 0.6) is 0 Å². The average Bonchev–Trinajstić information content (AvgIpc) is 3.82. The largest absolute Gasteiger partial charge is 0.444 e. The fourth-order valence-electron chi connectivity index (χ4n) is 6.19. The van der Waals surface area contributed by atoms with Crippen molar-refractivity contribution < 1.29 is 19.1 Å². The molecule has 2 fully saturated rings. The summed E-state index contributed by atoms with van der Waals surface area (Å²) in [7, 11) is 0. The lowest BCUT2D eigenvalue weighted by Crippen LogP contribution is -2.36. The molecule has 2 aliphatic heterocycles. The van der Waals surface area contributed by atoms with Crippen LogP contribution in [0.3, 0.4) is 0 Å². The van der Waals surface area contributed by atoms with Gasteiger partial charge in [0.15, 0.2) is 0 Å². The quantitative estimate of drug-likeness (QED) is 0.231. The fraction of sp³-hybridized carbons (Fsp3) is 0.444. The monoisotopic (exact) mass is 624 g/mol. The van der Waals surface area contributed by atoms with E-state index in [2.05, 4.69) is 68.5 Å². The Morgan fingerprint density at radius 3 is 1.74 bits per heavy atom. The highest BCUT2D eigenvalue weighted by Gasteiger charge is 2.36. The smallest absolute Gasteiger partial charge is 0.410 e. The third kappa shape index (κ3) is 6.95. The molecule has 2 saturated heterocycles. The number of hydrogen-bond acceptors (Lipinski definition) is 6. The molecule has 0 saturated carbocycles. The van der Waals surface area contributed by atoms with Crippen LogP contribution in [0.4, 0.5) is 9.59 Å². The Morgan fingerprint density at radius 1 is 0.674 bits per heavy atom. The molecule has 2 N–H and O–H groups in total. The highest BCUT2D eigenvalue weighted by atomic mass is 16.6. The Balaban J connectivity index is 1.11. The molecule has 0 bridgehead atoms. The Labute approximate surface area is 270 Å². The third-order valence-corrected chi connectivity index (χ3v) is 8.31. The van der Waals surface area contributed by atoms with E-state index in [0.29, 0.717) is 13.1 Å². The van der Waals surface area contributed by atoms with E-state index in [4.69, 9.17) is 9.47 Å². The number of H-pyrrole nitrogens is 2. The van der Waals surface area contributed by atoms with Crippen molar-refractivity contribution in [3.63, 3.8) is 0 Å². The van der Waals surface area contributed by atoms with Gasteiger partial charge in [-0.25, -0.2) is 19.6 Å². The van der Waals surface area contributed by atoms with Crippen LogP contribution in [0.2, 0.25) is 0 Å². The van der Waals surface area contributed by atoms with Gasteiger partial charge >= 0.3 is 12.2 Å². The molecule has 0 spiro atoms. The first-order valence-electron chi connectivity index (χ1n) is 16.1. The summed E-state index contributed by atoms with van der Waals surface area (Å²) in [5, 5.41) is 0. The van der Waals surface area contributed by atoms with Crippen molar-refractivity contribution in [2.75, 3.05) is 13.1 Å². The molecule has 2 aromatic heterocycles. The van der Waals surface area contributed by atoms with Crippen LogP contribution in [-0.4, -0.2) is 66.2 Å². The van der Waals surface area contributed by atoms with Crippen LogP contribution in [0.1, 0.15) is 90.8 Å². The lowest BCUT2D eigenvalue weighted by atomic mass is 10.0. The first kappa shape index (κ1) is 31.4. The van der Waals surface area contributed by atoms with Crippen molar-refractivity contribution in [3.8, 4) is 33.8 Å².